The predicted octanol–water partition coefficient (Wildman–Crippen LogP) is 0.423. The first-order valence-electron chi connectivity index (χ1n) is 6.15. The van der Waals surface area contributed by atoms with E-state index < -0.39 is 11.8 Å². The van der Waals surface area contributed by atoms with Crippen molar-refractivity contribution in [2.75, 3.05) is 38.6 Å². The lowest BCUT2D eigenvalue weighted by Crippen LogP contribution is -2.42. The van der Waals surface area contributed by atoms with Gasteiger partial charge in [-0.15, -0.1) is 0 Å². The number of halogens is 1. The zero-order chi connectivity index (χ0) is 14.5. The van der Waals surface area contributed by atoms with Crippen LogP contribution in [-0.2, 0) is 14.3 Å². The van der Waals surface area contributed by atoms with E-state index in [1.54, 1.807) is 4.90 Å². The number of nitrogen functional groups attached to an aromatic ring is 1. The summed E-state index contributed by atoms with van der Waals surface area (Å²) in [4.78, 5) is 25.0. The highest BCUT2D eigenvalue weighted by Gasteiger charge is 2.19. The van der Waals surface area contributed by atoms with Crippen LogP contribution in [0.25, 0.3) is 0 Å². The number of amides is 1. The Balaban J connectivity index is 1.89. The number of hydrogen-bond acceptors (Lipinski definition) is 5. The lowest BCUT2D eigenvalue weighted by Gasteiger charge is -2.26. The minimum atomic E-state index is -0.780. The number of hydrogen-bond donors (Lipinski definition) is 1. The van der Waals surface area contributed by atoms with E-state index in [1.165, 1.54) is 6.07 Å². The van der Waals surface area contributed by atoms with Crippen molar-refractivity contribution in [2.24, 2.45) is 0 Å². The largest absolute Gasteiger partial charge is 0.452 e. The Morgan fingerprint density at radius 1 is 1.30 bits per heavy atom. The molecule has 1 aromatic carbocycles. The van der Waals surface area contributed by atoms with Gasteiger partial charge in [0.1, 0.15) is 5.82 Å². The first kappa shape index (κ1) is 14.3. The van der Waals surface area contributed by atoms with Crippen molar-refractivity contribution in [1.82, 2.24) is 4.90 Å². The molecule has 1 aromatic rings. The van der Waals surface area contributed by atoms with Gasteiger partial charge >= 0.3 is 5.97 Å². The molecule has 2 rings (SSSR count). The quantitative estimate of drug-likeness (QED) is 0.642. The van der Waals surface area contributed by atoms with E-state index in [2.05, 4.69) is 0 Å². The van der Waals surface area contributed by atoms with Gasteiger partial charge in [0.25, 0.3) is 5.91 Å². The Bertz CT molecular complexity index is 495. The molecule has 0 atom stereocenters. The fourth-order valence-electron chi connectivity index (χ4n) is 1.84. The standard InChI is InChI=1S/C13H15FN2O4/c14-10-5-9(6-11(15)7-10)13(18)20-8-12(17)16-1-3-19-4-2-16/h5-7H,1-4,8,15H2. The number of benzene rings is 1. The van der Waals surface area contributed by atoms with Gasteiger partial charge in [-0.25, -0.2) is 9.18 Å². The van der Waals surface area contributed by atoms with Crippen LogP contribution in [0.15, 0.2) is 18.2 Å². The van der Waals surface area contributed by atoms with Crippen molar-refractivity contribution in [3.05, 3.63) is 29.6 Å². The van der Waals surface area contributed by atoms with Gasteiger partial charge in [0.05, 0.1) is 18.8 Å². The van der Waals surface area contributed by atoms with Crippen LogP contribution in [0.5, 0.6) is 0 Å². The van der Waals surface area contributed by atoms with Gasteiger partial charge in [-0.1, -0.05) is 0 Å². The molecule has 6 nitrogen and oxygen atoms in total. The number of esters is 1. The Morgan fingerprint density at radius 3 is 2.65 bits per heavy atom. The monoisotopic (exact) mass is 282 g/mol. The van der Waals surface area contributed by atoms with Gasteiger partial charge in [-0.2, -0.15) is 0 Å². The molecule has 1 aliphatic rings. The molecule has 0 aromatic heterocycles. The topological polar surface area (TPSA) is 81.9 Å². The van der Waals surface area contributed by atoms with E-state index in [4.69, 9.17) is 15.2 Å². The Kier molecular flexibility index (Phi) is 4.52. The van der Waals surface area contributed by atoms with Gasteiger partial charge in [-0.3, -0.25) is 4.79 Å². The van der Waals surface area contributed by atoms with Crippen LogP contribution in [0.2, 0.25) is 0 Å². The molecule has 1 fully saturated rings. The zero-order valence-electron chi connectivity index (χ0n) is 10.8. The highest BCUT2D eigenvalue weighted by molar-refractivity contribution is 5.92. The molecule has 0 bridgehead atoms. The summed E-state index contributed by atoms with van der Waals surface area (Å²) in [5.41, 5.74) is 5.54. The van der Waals surface area contributed by atoms with Crippen molar-refractivity contribution >= 4 is 17.6 Å². The van der Waals surface area contributed by atoms with Crippen molar-refractivity contribution in [3.8, 4) is 0 Å². The molecule has 0 saturated carbocycles. The fourth-order valence-corrected chi connectivity index (χ4v) is 1.84. The van der Waals surface area contributed by atoms with Crippen LogP contribution in [-0.4, -0.2) is 49.7 Å². The summed E-state index contributed by atoms with van der Waals surface area (Å²) in [5, 5.41) is 0. The smallest absolute Gasteiger partial charge is 0.338 e. The molecule has 7 heteroatoms. The van der Waals surface area contributed by atoms with E-state index in [0.29, 0.717) is 26.3 Å². The predicted molar refractivity (Wildman–Crippen MR) is 68.5 cm³/mol. The third kappa shape index (κ3) is 3.67. The SMILES string of the molecule is Nc1cc(F)cc(C(=O)OCC(=O)N2CCOCC2)c1. The van der Waals surface area contributed by atoms with Crippen LogP contribution in [0, 0.1) is 5.82 Å². The maximum atomic E-state index is 13.1. The summed E-state index contributed by atoms with van der Waals surface area (Å²) in [6.07, 6.45) is 0. The number of rotatable bonds is 3. The lowest BCUT2D eigenvalue weighted by atomic mass is 10.2. The molecule has 1 heterocycles. The molecule has 0 radical (unpaired) electrons. The second kappa shape index (κ2) is 6.33. The second-order valence-corrected chi connectivity index (χ2v) is 4.34. The molecule has 2 N–H and O–H groups in total. The first-order chi connectivity index (χ1) is 9.56. The maximum Gasteiger partial charge on any atom is 0.338 e. The molecule has 0 aliphatic carbocycles. The third-order valence-electron chi connectivity index (χ3n) is 2.85. The van der Waals surface area contributed by atoms with Crippen molar-refractivity contribution in [3.63, 3.8) is 0 Å². The average Bonchev–Trinajstić information content (AvgIpc) is 2.44. The summed E-state index contributed by atoms with van der Waals surface area (Å²) >= 11 is 0. The Morgan fingerprint density at radius 2 is 2.00 bits per heavy atom. The summed E-state index contributed by atoms with van der Waals surface area (Å²) in [6.45, 7) is 1.52. The summed E-state index contributed by atoms with van der Waals surface area (Å²) < 4.78 is 23.1. The van der Waals surface area contributed by atoms with Crippen LogP contribution in [0.4, 0.5) is 10.1 Å². The van der Waals surface area contributed by atoms with E-state index in [0.717, 1.165) is 12.1 Å². The highest BCUT2D eigenvalue weighted by Crippen LogP contribution is 2.12. The molecular weight excluding hydrogens is 267 g/mol. The molecule has 0 spiro atoms. The number of anilines is 1. The molecule has 1 saturated heterocycles. The van der Waals surface area contributed by atoms with Crippen LogP contribution >= 0.6 is 0 Å². The van der Waals surface area contributed by atoms with E-state index >= 15 is 0 Å². The van der Waals surface area contributed by atoms with Gasteiger partial charge in [-0.05, 0) is 18.2 Å². The van der Waals surface area contributed by atoms with Gasteiger partial charge in [0.2, 0.25) is 0 Å². The molecular formula is C13H15FN2O4. The highest BCUT2D eigenvalue weighted by atomic mass is 19.1. The van der Waals surface area contributed by atoms with Gasteiger partial charge in [0.15, 0.2) is 6.61 Å². The lowest BCUT2D eigenvalue weighted by molar-refractivity contribution is -0.138. The average molecular weight is 282 g/mol. The van der Waals surface area contributed by atoms with Crippen LogP contribution < -0.4 is 5.73 Å². The van der Waals surface area contributed by atoms with Gasteiger partial charge in [0, 0.05) is 18.8 Å². The van der Waals surface area contributed by atoms with E-state index in [1.807, 2.05) is 0 Å². The summed E-state index contributed by atoms with van der Waals surface area (Å²) in [6, 6.07) is 3.40. The Labute approximate surface area is 115 Å². The van der Waals surface area contributed by atoms with Crippen LogP contribution in [0.1, 0.15) is 10.4 Å². The first-order valence-corrected chi connectivity index (χ1v) is 6.15. The number of carbonyl (C=O) groups is 2. The third-order valence-corrected chi connectivity index (χ3v) is 2.85. The fraction of sp³-hybridized carbons (Fsp3) is 0.385. The number of carbonyl (C=O) groups excluding carboxylic acids is 2. The number of ether oxygens (including phenoxy) is 2. The van der Waals surface area contributed by atoms with E-state index in [-0.39, 0.29) is 23.8 Å². The number of nitrogens with two attached hydrogens (primary N) is 1. The molecule has 1 amide bonds. The van der Waals surface area contributed by atoms with Crippen molar-refractivity contribution in [2.45, 2.75) is 0 Å². The van der Waals surface area contributed by atoms with Crippen LogP contribution in [0.3, 0.4) is 0 Å². The summed E-state index contributed by atoms with van der Waals surface area (Å²) in [7, 11) is 0. The molecule has 108 valence electrons. The second-order valence-electron chi connectivity index (χ2n) is 4.34. The molecule has 1 aliphatic heterocycles. The van der Waals surface area contributed by atoms with Crippen molar-refractivity contribution < 1.29 is 23.5 Å². The van der Waals surface area contributed by atoms with E-state index in [9.17, 15) is 14.0 Å². The molecule has 0 unspecified atom stereocenters. The minimum absolute atomic E-state index is 0.0164. The number of nitrogens with zero attached hydrogens (tertiary/aromatic N) is 1. The Hall–Kier alpha value is -2.15. The van der Waals surface area contributed by atoms with Crippen molar-refractivity contribution in [1.29, 1.82) is 0 Å². The summed E-state index contributed by atoms with van der Waals surface area (Å²) in [5.74, 6) is -1.71. The van der Waals surface area contributed by atoms with Gasteiger partial charge < -0.3 is 20.1 Å². The zero-order valence-corrected chi connectivity index (χ0v) is 10.8. The minimum Gasteiger partial charge on any atom is -0.452 e. The maximum absolute atomic E-state index is 13.1. The molecule has 20 heavy (non-hydrogen) atoms. The number of morpholine rings is 1. The normalized spacial score (nSPS) is 14.9.